The highest BCUT2D eigenvalue weighted by atomic mass is 16.5. The Morgan fingerprint density at radius 3 is 2.26 bits per heavy atom. The van der Waals surface area contributed by atoms with Crippen molar-refractivity contribution in [1.29, 1.82) is 0 Å². The van der Waals surface area contributed by atoms with Gasteiger partial charge in [-0.15, -0.1) is 0 Å². The van der Waals surface area contributed by atoms with Gasteiger partial charge in [-0.1, -0.05) is 13.8 Å². The Morgan fingerprint density at radius 1 is 1.26 bits per heavy atom. The fourth-order valence-corrected chi connectivity index (χ4v) is 3.38. The first-order valence-corrected chi connectivity index (χ1v) is 8.09. The number of amides is 2. The predicted molar refractivity (Wildman–Crippen MR) is 82.7 cm³/mol. The van der Waals surface area contributed by atoms with Crippen LogP contribution in [-0.2, 0) is 19.1 Å². The van der Waals surface area contributed by atoms with Gasteiger partial charge in [-0.25, -0.2) is 0 Å². The molecule has 2 N–H and O–H groups in total. The lowest BCUT2D eigenvalue weighted by Crippen LogP contribution is -2.47. The van der Waals surface area contributed by atoms with Crippen molar-refractivity contribution in [3.8, 4) is 0 Å². The third-order valence-electron chi connectivity index (χ3n) is 5.16. The van der Waals surface area contributed by atoms with Gasteiger partial charge in [-0.2, -0.15) is 0 Å². The molecule has 2 aliphatic rings. The molecule has 0 aromatic heterocycles. The van der Waals surface area contributed by atoms with E-state index in [1.807, 2.05) is 13.8 Å². The minimum atomic E-state index is -1.25. The number of hydrogen-bond donors (Lipinski definition) is 2. The third kappa shape index (κ3) is 3.34. The number of likely N-dealkylation sites (tertiary alicyclic amines) is 1. The summed E-state index contributed by atoms with van der Waals surface area (Å²) in [5.74, 6) is -1.34. The van der Waals surface area contributed by atoms with Crippen molar-refractivity contribution in [1.82, 2.24) is 10.2 Å². The van der Waals surface area contributed by atoms with Gasteiger partial charge in [0.2, 0.25) is 11.8 Å². The zero-order valence-electron chi connectivity index (χ0n) is 14.1. The molecule has 1 heterocycles. The standard InChI is InChI=1S/C16H26N2O5/c1-15(2)10-16(15,14(21)22)13(20)18-7-4-11(5-8-18)23-9-6-12(19)17-3/h11H,4-10H2,1-3H3,(H,17,19)(H,21,22). The molecule has 2 rings (SSSR count). The number of aliphatic carboxylic acids is 1. The van der Waals surface area contributed by atoms with Crippen molar-refractivity contribution in [3.63, 3.8) is 0 Å². The van der Waals surface area contributed by atoms with Crippen LogP contribution < -0.4 is 5.32 Å². The van der Waals surface area contributed by atoms with Crippen LogP contribution in [0.25, 0.3) is 0 Å². The first-order valence-electron chi connectivity index (χ1n) is 8.09. The van der Waals surface area contributed by atoms with Crippen molar-refractivity contribution in [2.75, 3.05) is 26.7 Å². The van der Waals surface area contributed by atoms with Crippen LogP contribution in [0.15, 0.2) is 0 Å². The molecule has 1 atom stereocenters. The summed E-state index contributed by atoms with van der Waals surface area (Å²) in [5, 5.41) is 12.0. The van der Waals surface area contributed by atoms with E-state index in [0.717, 1.165) is 0 Å². The lowest BCUT2D eigenvalue weighted by molar-refractivity contribution is -0.156. The van der Waals surface area contributed by atoms with Crippen LogP contribution in [-0.4, -0.2) is 60.6 Å². The molecule has 1 unspecified atom stereocenters. The topological polar surface area (TPSA) is 95.9 Å². The van der Waals surface area contributed by atoms with Crippen molar-refractivity contribution in [2.45, 2.75) is 45.6 Å². The highest BCUT2D eigenvalue weighted by Crippen LogP contribution is 2.64. The molecule has 7 nitrogen and oxygen atoms in total. The van der Waals surface area contributed by atoms with Gasteiger partial charge in [-0.05, 0) is 24.7 Å². The van der Waals surface area contributed by atoms with Crippen LogP contribution in [0.4, 0.5) is 0 Å². The van der Waals surface area contributed by atoms with Crippen molar-refractivity contribution in [3.05, 3.63) is 0 Å². The zero-order valence-corrected chi connectivity index (χ0v) is 14.1. The molecule has 1 aliphatic carbocycles. The second-order valence-corrected chi connectivity index (χ2v) is 7.06. The number of carbonyl (C=O) groups excluding carboxylic acids is 2. The maximum Gasteiger partial charge on any atom is 0.319 e. The number of nitrogens with one attached hydrogen (secondary N) is 1. The minimum absolute atomic E-state index is 0.0247. The number of hydrogen-bond acceptors (Lipinski definition) is 4. The second-order valence-electron chi connectivity index (χ2n) is 7.06. The summed E-state index contributed by atoms with van der Waals surface area (Å²) in [7, 11) is 1.59. The molecule has 0 aromatic rings. The third-order valence-corrected chi connectivity index (χ3v) is 5.16. The summed E-state index contributed by atoms with van der Waals surface area (Å²) in [5.41, 5.74) is -1.73. The minimum Gasteiger partial charge on any atom is -0.480 e. The van der Waals surface area contributed by atoms with E-state index in [9.17, 15) is 19.5 Å². The lowest BCUT2D eigenvalue weighted by Gasteiger charge is -2.34. The summed E-state index contributed by atoms with van der Waals surface area (Å²) in [6.45, 7) is 5.04. The summed E-state index contributed by atoms with van der Waals surface area (Å²) in [4.78, 5) is 37.0. The van der Waals surface area contributed by atoms with Crippen LogP contribution >= 0.6 is 0 Å². The molecule has 7 heteroatoms. The van der Waals surface area contributed by atoms with E-state index in [1.54, 1.807) is 11.9 Å². The molecular formula is C16H26N2O5. The van der Waals surface area contributed by atoms with E-state index < -0.39 is 16.8 Å². The summed E-state index contributed by atoms with van der Waals surface area (Å²) >= 11 is 0. The summed E-state index contributed by atoms with van der Waals surface area (Å²) in [6.07, 6.45) is 2.10. The van der Waals surface area contributed by atoms with E-state index in [-0.39, 0.29) is 17.9 Å². The largest absolute Gasteiger partial charge is 0.480 e. The number of piperidine rings is 1. The normalized spacial score (nSPS) is 26.7. The van der Waals surface area contributed by atoms with Crippen LogP contribution in [0, 0.1) is 10.8 Å². The van der Waals surface area contributed by atoms with Crippen LogP contribution in [0.3, 0.4) is 0 Å². The van der Waals surface area contributed by atoms with Crippen LogP contribution in [0.1, 0.15) is 39.5 Å². The lowest BCUT2D eigenvalue weighted by atomic mass is 9.93. The Balaban J connectivity index is 1.82. The van der Waals surface area contributed by atoms with E-state index >= 15 is 0 Å². The Bertz CT molecular complexity index is 497. The number of carboxylic acids is 1. The van der Waals surface area contributed by atoms with Crippen molar-refractivity contribution >= 4 is 17.8 Å². The fourth-order valence-electron chi connectivity index (χ4n) is 3.38. The van der Waals surface area contributed by atoms with E-state index in [0.29, 0.717) is 45.4 Å². The Morgan fingerprint density at radius 2 is 1.83 bits per heavy atom. The monoisotopic (exact) mass is 326 g/mol. The van der Waals surface area contributed by atoms with E-state index in [4.69, 9.17) is 4.74 Å². The van der Waals surface area contributed by atoms with Crippen molar-refractivity contribution in [2.24, 2.45) is 10.8 Å². The predicted octanol–water partition coefficient (Wildman–Crippen LogP) is 0.631. The van der Waals surface area contributed by atoms with Gasteiger partial charge < -0.3 is 20.1 Å². The molecule has 0 spiro atoms. The molecule has 2 fully saturated rings. The molecule has 0 bridgehead atoms. The molecule has 0 radical (unpaired) electrons. The number of carboxylic acid groups (broad SMARTS) is 1. The van der Waals surface area contributed by atoms with Gasteiger partial charge in [0.05, 0.1) is 12.7 Å². The van der Waals surface area contributed by atoms with Gasteiger partial charge in [0.25, 0.3) is 0 Å². The number of nitrogens with zero attached hydrogens (tertiary/aromatic N) is 1. The average molecular weight is 326 g/mol. The SMILES string of the molecule is CNC(=O)CCOC1CCN(C(=O)C2(C(=O)O)CC2(C)C)CC1. The number of ether oxygens (including phenoxy) is 1. The Kier molecular flexibility index (Phi) is 4.98. The van der Waals surface area contributed by atoms with Crippen LogP contribution in [0.2, 0.25) is 0 Å². The zero-order chi connectivity index (χ0) is 17.3. The van der Waals surface area contributed by atoms with E-state index in [2.05, 4.69) is 5.32 Å². The smallest absolute Gasteiger partial charge is 0.319 e. The molecule has 1 saturated heterocycles. The first-order chi connectivity index (χ1) is 10.7. The highest BCUT2D eigenvalue weighted by Gasteiger charge is 2.72. The van der Waals surface area contributed by atoms with E-state index in [1.165, 1.54) is 0 Å². The first kappa shape index (κ1) is 17.7. The summed E-state index contributed by atoms with van der Waals surface area (Å²) < 4.78 is 5.66. The van der Waals surface area contributed by atoms with Crippen molar-refractivity contribution < 1.29 is 24.2 Å². The Labute approximate surface area is 136 Å². The molecule has 0 aromatic carbocycles. The highest BCUT2D eigenvalue weighted by molar-refractivity contribution is 6.06. The molecule has 130 valence electrons. The maximum atomic E-state index is 12.6. The van der Waals surface area contributed by atoms with Gasteiger partial charge >= 0.3 is 5.97 Å². The molecule has 1 aliphatic heterocycles. The average Bonchev–Trinajstić information content (AvgIpc) is 3.11. The van der Waals surface area contributed by atoms with Gasteiger partial charge in [-0.3, -0.25) is 14.4 Å². The Hall–Kier alpha value is -1.63. The van der Waals surface area contributed by atoms with Gasteiger partial charge in [0, 0.05) is 26.6 Å². The number of carbonyl (C=O) groups is 3. The fraction of sp³-hybridized carbons (Fsp3) is 0.812. The molecule has 23 heavy (non-hydrogen) atoms. The van der Waals surface area contributed by atoms with Gasteiger partial charge in [0.15, 0.2) is 5.41 Å². The molecule has 1 saturated carbocycles. The maximum absolute atomic E-state index is 12.6. The quantitative estimate of drug-likeness (QED) is 0.698. The second kappa shape index (κ2) is 6.47. The van der Waals surface area contributed by atoms with Crippen LogP contribution in [0.5, 0.6) is 0 Å². The molecule has 2 amide bonds. The van der Waals surface area contributed by atoms with Gasteiger partial charge in [0.1, 0.15) is 0 Å². The molecular weight excluding hydrogens is 300 g/mol. The number of rotatable bonds is 6. The summed E-state index contributed by atoms with van der Waals surface area (Å²) in [6, 6.07) is 0.